The third kappa shape index (κ3) is 10.0. The monoisotopic (exact) mass is 378 g/mol. The fourth-order valence-electron chi connectivity index (χ4n) is 1.96. The maximum atomic E-state index is 12.0. The number of hydrogen-bond donors (Lipinski definition) is 4. The molecule has 1 aromatic heterocycles. The number of rotatable bonds is 6. The highest BCUT2D eigenvalue weighted by Crippen LogP contribution is 2.09. The van der Waals surface area contributed by atoms with Crippen molar-refractivity contribution in [1.82, 2.24) is 20.9 Å². The highest BCUT2D eigenvalue weighted by atomic mass is 16.6. The van der Waals surface area contributed by atoms with Gasteiger partial charge in [-0.25, -0.2) is 4.79 Å². The van der Waals surface area contributed by atoms with Crippen LogP contribution in [-0.2, 0) is 9.53 Å². The second kappa shape index (κ2) is 9.75. The molecule has 0 saturated carbocycles. The summed E-state index contributed by atoms with van der Waals surface area (Å²) in [6.45, 7) is 9.55. The second-order valence-electron chi connectivity index (χ2n) is 7.58. The molecule has 2 amide bonds. The molecule has 0 saturated heterocycles. The molecule has 0 unspecified atom stereocenters. The normalized spacial score (nSPS) is 12.1. The minimum atomic E-state index is -0.585. The van der Waals surface area contributed by atoms with Gasteiger partial charge in [0.1, 0.15) is 5.60 Å². The van der Waals surface area contributed by atoms with Gasteiger partial charge in [-0.2, -0.15) is 0 Å². The van der Waals surface area contributed by atoms with Crippen LogP contribution in [0.1, 0.15) is 34.6 Å². The van der Waals surface area contributed by atoms with E-state index in [2.05, 4.69) is 31.2 Å². The summed E-state index contributed by atoms with van der Waals surface area (Å²) < 4.78 is 5.26. The van der Waals surface area contributed by atoms with Gasteiger partial charge in [0.25, 0.3) is 0 Å². The van der Waals surface area contributed by atoms with E-state index in [1.54, 1.807) is 52.3 Å². The van der Waals surface area contributed by atoms with Gasteiger partial charge in [0, 0.05) is 19.8 Å². The van der Waals surface area contributed by atoms with Crippen molar-refractivity contribution in [3.05, 3.63) is 24.5 Å². The summed E-state index contributed by atoms with van der Waals surface area (Å²) in [6.07, 6.45) is 2.70. The van der Waals surface area contributed by atoms with E-state index in [1.165, 1.54) is 0 Å². The Balaban J connectivity index is 2.42. The molecule has 0 aliphatic rings. The number of amides is 2. The number of ether oxygens (including phenoxy) is 1. The molecule has 150 valence electrons. The molecule has 0 aromatic carbocycles. The molecule has 9 nitrogen and oxygen atoms in total. The third-order valence-corrected chi connectivity index (χ3v) is 3.12. The molecule has 0 atom stereocenters. The molecule has 0 radical (unpaired) electrons. The lowest BCUT2D eigenvalue weighted by atomic mass is 10.1. The number of aromatic nitrogens is 1. The van der Waals surface area contributed by atoms with E-state index >= 15 is 0 Å². The van der Waals surface area contributed by atoms with Gasteiger partial charge in [-0.1, -0.05) is 0 Å². The minimum absolute atomic E-state index is 0.0362. The summed E-state index contributed by atoms with van der Waals surface area (Å²) in [7, 11) is 1.60. The number of alkyl carbamates (subject to hydrolysis) is 1. The predicted octanol–water partition coefficient (Wildman–Crippen LogP) is 1.49. The zero-order valence-corrected chi connectivity index (χ0v) is 16.8. The van der Waals surface area contributed by atoms with Crippen molar-refractivity contribution in [2.75, 3.05) is 25.5 Å². The van der Waals surface area contributed by atoms with Gasteiger partial charge in [-0.05, 0) is 46.8 Å². The van der Waals surface area contributed by atoms with Crippen LogP contribution >= 0.6 is 0 Å². The summed E-state index contributed by atoms with van der Waals surface area (Å²) in [6, 6.07) is 3.49. The molecule has 1 rings (SSSR count). The van der Waals surface area contributed by atoms with Gasteiger partial charge in [-0.15, -0.1) is 0 Å². The first-order valence-electron chi connectivity index (χ1n) is 8.66. The molecule has 27 heavy (non-hydrogen) atoms. The maximum absolute atomic E-state index is 12.0. The zero-order chi connectivity index (χ0) is 20.5. The number of nitrogens with zero attached hydrogens (tertiary/aromatic N) is 2. The van der Waals surface area contributed by atoms with Gasteiger partial charge in [0.05, 0.1) is 24.0 Å². The lowest BCUT2D eigenvalue weighted by Crippen LogP contribution is -2.54. The van der Waals surface area contributed by atoms with E-state index in [0.29, 0.717) is 18.2 Å². The lowest BCUT2D eigenvalue weighted by Gasteiger charge is -2.29. The van der Waals surface area contributed by atoms with E-state index in [9.17, 15) is 9.59 Å². The van der Waals surface area contributed by atoms with Crippen LogP contribution < -0.4 is 21.3 Å². The number of carbonyl (C=O) groups excluding carboxylic acids is 2. The Hall–Kier alpha value is -2.84. The van der Waals surface area contributed by atoms with Crippen LogP contribution in [0.5, 0.6) is 0 Å². The van der Waals surface area contributed by atoms with Gasteiger partial charge >= 0.3 is 6.09 Å². The summed E-state index contributed by atoms with van der Waals surface area (Å²) in [4.78, 5) is 31.9. The van der Waals surface area contributed by atoms with Crippen LogP contribution in [-0.4, -0.2) is 54.2 Å². The number of guanidine groups is 1. The summed E-state index contributed by atoms with van der Waals surface area (Å²) in [5.41, 5.74) is -0.528. The van der Waals surface area contributed by atoms with Crippen molar-refractivity contribution in [2.45, 2.75) is 45.8 Å². The first-order chi connectivity index (χ1) is 12.5. The highest BCUT2D eigenvalue weighted by molar-refractivity contribution is 5.94. The van der Waals surface area contributed by atoms with Gasteiger partial charge < -0.3 is 26.0 Å². The number of aliphatic imine (C=N–C) groups is 1. The van der Waals surface area contributed by atoms with Crippen molar-refractivity contribution in [2.24, 2.45) is 4.99 Å². The molecule has 0 bridgehead atoms. The van der Waals surface area contributed by atoms with Gasteiger partial charge in [0.2, 0.25) is 5.91 Å². The molecular weight excluding hydrogens is 348 g/mol. The number of nitrogens with one attached hydrogen (secondary N) is 4. The van der Waals surface area contributed by atoms with Crippen LogP contribution in [0.15, 0.2) is 29.5 Å². The zero-order valence-electron chi connectivity index (χ0n) is 16.8. The highest BCUT2D eigenvalue weighted by Gasteiger charge is 2.24. The van der Waals surface area contributed by atoms with Crippen LogP contribution in [0.3, 0.4) is 0 Å². The summed E-state index contributed by atoms with van der Waals surface area (Å²) >= 11 is 0. The molecule has 9 heteroatoms. The number of pyridine rings is 1. The van der Waals surface area contributed by atoms with Crippen LogP contribution in [0.25, 0.3) is 0 Å². The largest absolute Gasteiger partial charge is 0.444 e. The molecule has 0 fully saturated rings. The van der Waals surface area contributed by atoms with Crippen molar-refractivity contribution in [3.8, 4) is 0 Å². The molecule has 1 heterocycles. The number of carbonyl (C=O) groups is 2. The Kier molecular flexibility index (Phi) is 8.01. The number of anilines is 1. The van der Waals surface area contributed by atoms with Crippen molar-refractivity contribution < 1.29 is 14.3 Å². The minimum Gasteiger partial charge on any atom is -0.444 e. The average Bonchev–Trinajstić information content (AvgIpc) is 2.53. The quantitative estimate of drug-likeness (QED) is 0.440. The van der Waals surface area contributed by atoms with E-state index in [-0.39, 0.29) is 12.5 Å². The SMILES string of the molecule is CN=C(NCC(=O)Nc1cccnc1)NCC(C)(C)NC(=O)OC(C)(C)C. The fraction of sp³-hybridized carbons (Fsp3) is 0.556. The Morgan fingerprint density at radius 2 is 1.89 bits per heavy atom. The molecule has 1 aromatic rings. The van der Waals surface area contributed by atoms with E-state index in [0.717, 1.165) is 0 Å². The van der Waals surface area contributed by atoms with Crippen LogP contribution in [0.2, 0.25) is 0 Å². The van der Waals surface area contributed by atoms with Gasteiger partial charge in [0.15, 0.2) is 5.96 Å². The molecule has 0 spiro atoms. The third-order valence-electron chi connectivity index (χ3n) is 3.12. The Morgan fingerprint density at radius 1 is 1.19 bits per heavy atom. The first-order valence-corrected chi connectivity index (χ1v) is 8.66. The summed E-state index contributed by atoms with van der Waals surface area (Å²) in [5.74, 6) is 0.215. The second-order valence-corrected chi connectivity index (χ2v) is 7.58. The summed E-state index contributed by atoms with van der Waals surface area (Å²) in [5, 5.41) is 11.5. The fourth-order valence-corrected chi connectivity index (χ4v) is 1.96. The molecule has 4 N–H and O–H groups in total. The van der Waals surface area contributed by atoms with Crippen molar-refractivity contribution >= 4 is 23.6 Å². The lowest BCUT2D eigenvalue weighted by molar-refractivity contribution is -0.115. The van der Waals surface area contributed by atoms with Crippen molar-refractivity contribution in [3.63, 3.8) is 0 Å². The van der Waals surface area contributed by atoms with Crippen LogP contribution in [0, 0.1) is 0 Å². The molecular formula is C18H30N6O3. The topological polar surface area (TPSA) is 117 Å². The van der Waals surface area contributed by atoms with E-state index < -0.39 is 17.2 Å². The van der Waals surface area contributed by atoms with E-state index in [4.69, 9.17) is 4.74 Å². The molecule has 0 aliphatic carbocycles. The smallest absolute Gasteiger partial charge is 0.408 e. The van der Waals surface area contributed by atoms with Gasteiger partial charge in [-0.3, -0.25) is 14.8 Å². The number of hydrogen-bond acceptors (Lipinski definition) is 5. The predicted molar refractivity (Wildman–Crippen MR) is 106 cm³/mol. The molecule has 0 aliphatic heterocycles. The Bertz CT molecular complexity index is 653. The van der Waals surface area contributed by atoms with E-state index in [1.807, 2.05) is 13.8 Å². The maximum Gasteiger partial charge on any atom is 0.408 e. The van der Waals surface area contributed by atoms with Crippen molar-refractivity contribution in [1.29, 1.82) is 0 Å². The Labute approximate surface area is 160 Å². The first kappa shape index (κ1) is 22.2. The standard InChI is InChI=1S/C18H30N6O3/c1-17(2,3)27-16(26)24-18(4,5)12-22-15(19-6)21-11-14(25)23-13-8-7-9-20-10-13/h7-10H,11-12H2,1-6H3,(H,23,25)(H,24,26)(H2,19,21,22). The van der Waals surface area contributed by atoms with Crippen LogP contribution in [0.4, 0.5) is 10.5 Å². The Morgan fingerprint density at radius 3 is 2.44 bits per heavy atom. The average molecular weight is 378 g/mol.